The standard InChI is InChI=1S/C26H23N3O6S/c1-14-21(25(30)34-3)23(22(15(2)27-14)26(31)35-4)17-6-5-7-18(12-17)24-28-20(13-36-24)16-8-10-19(11-9-16)29(32)33/h5-13,21,23H,1-4H3. The van der Waals surface area contributed by atoms with Crippen molar-refractivity contribution in [3.05, 3.63) is 80.9 Å². The number of non-ortho nitro benzene ring substituents is 1. The van der Waals surface area contributed by atoms with Gasteiger partial charge in [0.05, 0.1) is 30.4 Å². The van der Waals surface area contributed by atoms with Crippen LogP contribution in [0.15, 0.2) is 70.2 Å². The fraction of sp³-hybridized carbons (Fsp3) is 0.231. The van der Waals surface area contributed by atoms with Crippen molar-refractivity contribution in [1.82, 2.24) is 4.98 Å². The van der Waals surface area contributed by atoms with Crippen molar-refractivity contribution < 1.29 is 24.0 Å². The second-order valence-corrected chi connectivity index (χ2v) is 9.05. The average molecular weight is 506 g/mol. The Bertz CT molecular complexity index is 1410. The molecule has 0 bridgehead atoms. The van der Waals surface area contributed by atoms with E-state index in [2.05, 4.69) is 4.99 Å². The van der Waals surface area contributed by atoms with Crippen molar-refractivity contribution in [2.75, 3.05) is 14.2 Å². The number of carbonyl (C=O) groups is 2. The Morgan fingerprint density at radius 2 is 1.75 bits per heavy atom. The maximum absolute atomic E-state index is 12.8. The normalized spacial score (nSPS) is 17.4. The number of hydrogen-bond acceptors (Lipinski definition) is 9. The van der Waals surface area contributed by atoms with Crippen LogP contribution in [-0.4, -0.2) is 41.8 Å². The minimum atomic E-state index is -0.782. The molecule has 0 aliphatic carbocycles. The van der Waals surface area contributed by atoms with Crippen molar-refractivity contribution in [2.45, 2.75) is 19.8 Å². The van der Waals surface area contributed by atoms with E-state index in [-0.39, 0.29) is 5.69 Å². The van der Waals surface area contributed by atoms with E-state index in [9.17, 15) is 19.7 Å². The number of esters is 2. The molecule has 0 saturated heterocycles. The molecule has 0 fully saturated rings. The smallest absolute Gasteiger partial charge is 0.336 e. The van der Waals surface area contributed by atoms with Gasteiger partial charge in [-0.15, -0.1) is 11.3 Å². The summed E-state index contributed by atoms with van der Waals surface area (Å²) < 4.78 is 10.1. The van der Waals surface area contributed by atoms with Gasteiger partial charge >= 0.3 is 11.9 Å². The zero-order valence-corrected chi connectivity index (χ0v) is 20.9. The molecule has 2 atom stereocenters. The summed E-state index contributed by atoms with van der Waals surface area (Å²) in [6.45, 7) is 3.46. The number of allylic oxidation sites excluding steroid dienone is 1. The summed E-state index contributed by atoms with van der Waals surface area (Å²) in [5.74, 6) is -2.47. The molecule has 3 aromatic rings. The van der Waals surface area contributed by atoms with Gasteiger partial charge < -0.3 is 9.47 Å². The van der Waals surface area contributed by atoms with E-state index in [1.54, 1.807) is 26.0 Å². The third-order valence-electron chi connectivity index (χ3n) is 6.06. The first-order chi connectivity index (χ1) is 17.2. The highest BCUT2D eigenvalue weighted by atomic mass is 32.1. The summed E-state index contributed by atoms with van der Waals surface area (Å²) in [7, 11) is 2.60. The predicted molar refractivity (Wildman–Crippen MR) is 136 cm³/mol. The number of aromatic nitrogens is 1. The zero-order chi connectivity index (χ0) is 26.0. The molecule has 0 N–H and O–H groups in total. The Kier molecular flexibility index (Phi) is 7.07. The molecule has 10 heteroatoms. The monoisotopic (exact) mass is 505 g/mol. The number of nitrogens with zero attached hydrogens (tertiary/aromatic N) is 3. The van der Waals surface area contributed by atoms with Gasteiger partial charge in [-0.2, -0.15) is 0 Å². The average Bonchev–Trinajstić information content (AvgIpc) is 3.38. The van der Waals surface area contributed by atoms with Gasteiger partial charge in [0.2, 0.25) is 0 Å². The number of methoxy groups -OCH3 is 2. The molecule has 1 aromatic heterocycles. The number of ether oxygens (including phenoxy) is 2. The van der Waals surface area contributed by atoms with E-state index < -0.39 is 28.7 Å². The molecule has 2 heterocycles. The Hall–Kier alpha value is -4.18. The lowest BCUT2D eigenvalue weighted by Gasteiger charge is -2.31. The molecule has 1 aliphatic rings. The predicted octanol–water partition coefficient (Wildman–Crippen LogP) is 5.18. The van der Waals surface area contributed by atoms with Crippen LogP contribution in [0.2, 0.25) is 0 Å². The van der Waals surface area contributed by atoms with Gasteiger partial charge in [-0.25, -0.2) is 9.78 Å². The zero-order valence-electron chi connectivity index (χ0n) is 20.1. The number of carbonyl (C=O) groups excluding carboxylic acids is 2. The van der Waals surface area contributed by atoms with Gasteiger partial charge in [-0.1, -0.05) is 18.2 Å². The second kappa shape index (κ2) is 10.2. The maximum atomic E-state index is 12.8. The van der Waals surface area contributed by atoms with Gasteiger partial charge in [0.1, 0.15) is 10.9 Å². The Morgan fingerprint density at radius 1 is 1.03 bits per heavy atom. The largest absolute Gasteiger partial charge is 0.468 e. The van der Waals surface area contributed by atoms with Gasteiger partial charge in [-0.05, 0) is 37.6 Å². The van der Waals surface area contributed by atoms with Crippen molar-refractivity contribution in [2.24, 2.45) is 10.9 Å². The molecule has 0 saturated carbocycles. The summed E-state index contributed by atoms with van der Waals surface area (Å²) in [6, 6.07) is 13.7. The molecular formula is C26H23N3O6S. The third kappa shape index (κ3) is 4.67. The second-order valence-electron chi connectivity index (χ2n) is 8.19. The number of nitro benzene ring substituents is 1. The molecule has 0 spiro atoms. The Labute approximate surface area is 211 Å². The van der Waals surface area contributed by atoms with E-state index >= 15 is 0 Å². The molecule has 4 rings (SSSR count). The van der Waals surface area contributed by atoms with Gasteiger partial charge in [0, 0.05) is 46.0 Å². The molecule has 2 aromatic carbocycles. The summed E-state index contributed by atoms with van der Waals surface area (Å²) in [6.07, 6.45) is 0. The first-order valence-electron chi connectivity index (χ1n) is 11.0. The van der Waals surface area contributed by atoms with E-state index in [0.717, 1.165) is 21.7 Å². The number of benzene rings is 2. The van der Waals surface area contributed by atoms with Gasteiger partial charge in [0.15, 0.2) is 0 Å². The number of aliphatic imine (C=N–C) groups is 1. The van der Waals surface area contributed by atoms with E-state index in [4.69, 9.17) is 14.5 Å². The van der Waals surface area contributed by atoms with Crippen molar-refractivity contribution >= 4 is 34.7 Å². The Morgan fingerprint density at radius 3 is 2.39 bits per heavy atom. The van der Waals surface area contributed by atoms with Crippen LogP contribution in [0.25, 0.3) is 21.8 Å². The van der Waals surface area contributed by atoms with Crippen LogP contribution in [0.4, 0.5) is 5.69 Å². The molecule has 1 aliphatic heterocycles. The van der Waals surface area contributed by atoms with Crippen LogP contribution >= 0.6 is 11.3 Å². The highest BCUT2D eigenvalue weighted by Gasteiger charge is 2.42. The Balaban J connectivity index is 1.75. The van der Waals surface area contributed by atoms with Crippen molar-refractivity contribution in [3.8, 4) is 21.8 Å². The first-order valence-corrected chi connectivity index (χ1v) is 11.9. The number of nitro groups is 1. The third-order valence-corrected chi connectivity index (χ3v) is 6.95. The quantitative estimate of drug-likeness (QED) is 0.257. The molecule has 0 radical (unpaired) electrons. The lowest BCUT2D eigenvalue weighted by Crippen LogP contribution is -2.36. The van der Waals surface area contributed by atoms with E-state index in [1.807, 2.05) is 29.6 Å². The minimum absolute atomic E-state index is 0.0122. The number of hydrogen-bond donors (Lipinski definition) is 0. The molecule has 0 amide bonds. The maximum Gasteiger partial charge on any atom is 0.336 e. The van der Waals surface area contributed by atoms with E-state index in [1.165, 1.54) is 37.7 Å². The highest BCUT2D eigenvalue weighted by Crippen LogP contribution is 2.41. The molecular weight excluding hydrogens is 482 g/mol. The minimum Gasteiger partial charge on any atom is -0.468 e. The summed E-state index contributed by atoms with van der Waals surface area (Å²) in [5, 5.41) is 13.5. The van der Waals surface area contributed by atoms with Crippen LogP contribution in [0.3, 0.4) is 0 Å². The fourth-order valence-electron chi connectivity index (χ4n) is 4.36. The summed E-state index contributed by atoms with van der Waals surface area (Å²) in [5.41, 5.74) is 4.34. The topological polar surface area (TPSA) is 121 Å². The lowest BCUT2D eigenvalue weighted by molar-refractivity contribution is -0.384. The van der Waals surface area contributed by atoms with Crippen LogP contribution in [0.1, 0.15) is 25.3 Å². The SMILES string of the molecule is COC(=O)C1=C(C)N=C(C)C(C(=O)OC)C1c1cccc(-c2nc(-c3ccc([N+](=O)[O-])cc3)cs2)c1. The van der Waals surface area contributed by atoms with Crippen molar-refractivity contribution in [1.29, 1.82) is 0 Å². The highest BCUT2D eigenvalue weighted by molar-refractivity contribution is 7.13. The van der Waals surface area contributed by atoms with Crippen LogP contribution < -0.4 is 0 Å². The molecule has 9 nitrogen and oxygen atoms in total. The van der Waals surface area contributed by atoms with Crippen LogP contribution in [0.5, 0.6) is 0 Å². The first kappa shape index (κ1) is 24.9. The van der Waals surface area contributed by atoms with Gasteiger partial charge in [0.25, 0.3) is 5.69 Å². The number of thiazole rings is 1. The summed E-state index contributed by atoms with van der Waals surface area (Å²) >= 11 is 1.42. The fourth-order valence-corrected chi connectivity index (χ4v) is 5.19. The van der Waals surface area contributed by atoms with Gasteiger partial charge in [-0.3, -0.25) is 19.9 Å². The lowest BCUT2D eigenvalue weighted by atomic mass is 9.75. The van der Waals surface area contributed by atoms with Crippen molar-refractivity contribution in [3.63, 3.8) is 0 Å². The van der Waals surface area contributed by atoms with E-state index in [0.29, 0.717) is 22.7 Å². The van der Waals surface area contributed by atoms with Crippen LogP contribution in [0, 0.1) is 16.0 Å². The summed E-state index contributed by atoms with van der Waals surface area (Å²) in [4.78, 5) is 45.2. The molecule has 184 valence electrons. The van der Waals surface area contributed by atoms with Crippen LogP contribution in [-0.2, 0) is 19.1 Å². The molecule has 36 heavy (non-hydrogen) atoms. The number of rotatable bonds is 6. The molecule has 2 unspecified atom stereocenters.